The molecule has 1 aromatic heterocycles. The van der Waals surface area contributed by atoms with Crippen LogP contribution in [0.15, 0.2) is 24.5 Å². The predicted octanol–water partition coefficient (Wildman–Crippen LogP) is 1.84. The summed E-state index contributed by atoms with van der Waals surface area (Å²) in [6, 6.07) is 3.42. The van der Waals surface area contributed by atoms with E-state index >= 15 is 0 Å². The Labute approximate surface area is 122 Å². The third-order valence-electron chi connectivity index (χ3n) is 3.01. The fraction of sp³-hybridized carbons (Fsp3) is 0.643. The van der Waals surface area contributed by atoms with Gasteiger partial charge in [0.05, 0.1) is 5.75 Å². The Morgan fingerprint density at radius 1 is 1.20 bits per heavy atom. The molecular weight excluding hydrogens is 274 g/mol. The van der Waals surface area contributed by atoms with Gasteiger partial charge in [0, 0.05) is 18.4 Å². The smallest absolute Gasteiger partial charge is 0.212 e. The maximum atomic E-state index is 12.0. The second kappa shape index (κ2) is 9.05. The number of aromatic nitrogens is 1. The molecule has 0 amide bonds. The lowest BCUT2D eigenvalue weighted by molar-refractivity contribution is 0.559. The lowest BCUT2D eigenvalue weighted by Gasteiger charge is -2.14. The van der Waals surface area contributed by atoms with E-state index in [0.717, 1.165) is 31.5 Å². The zero-order chi connectivity index (χ0) is 14.8. The summed E-state index contributed by atoms with van der Waals surface area (Å²) in [6.07, 6.45) is 5.99. The van der Waals surface area contributed by atoms with E-state index in [-0.39, 0.29) is 11.8 Å². The van der Waals surface area contributed by atoms with Crippen molar-refractivity contribution in [2.75, 3.05) is 18.8 Å². The minimum Gasteiger partial charge on any atom is -0.317 e. The number of pyridine rings is 1. The molecular formula is C14H25N3O2S. The van der Waals surface area contributed by atoms with Crippen LogP contribution in [0.1, 0.15) is 44.7 Å². The quantitative estimate of drug-likeness (QED) is 0.647. The van der Waals surface area contributed by atoms with Gasteiger partial charge >= 0.3 is 0 Å². The average molecular weight is 299 g/mol. The van der Waals surface area contributed by atoms with Crippen molar-refractivity contribution >= 4 is 10.0 Å². The Bertz CT molecular complexity index is 463. The first-order chi connectivity index (χ1) is 9.55. The van der Waals surface area contributed by atoms with E-state index in [9.17, 15) is 8.42 Å². The molecule has 0 bridgehead atoms. The largest absolute Gasteiger partial charge is 0.317 e. The minimum atomic E-state index is -3.22. The summed E-state index contributed by atoms with van der Waals surface area (Å²) in [6.45, 7) is 5.82. The van der Waals surface area contributed by atoms with Crippen molar-refractivity contribution in [3.8, 4) is 0 Å². The van der Waals surface area contributed by atoms with Gasteiger partial charge in [-0.25, -0.2) is 13.1 Å². The molecule has 1 unspecified atom stereocenters. The molecule has 1 rings (SSSR count). The van der Waals surface area contributed by atoms with Gasteiger partial charge in [-0.3, -0.25) is 4.98 Å². The topological polar surface area (TPSA) is 71.1 Å². The SMILES string of the molecule is CCCNCCCCS(=O)(=O)NC(C)c1ccncc1. The molecule has 0 saturated heterocycles. The Hall–Kier alpha value is -0.980. The van der Waals surface area contributed by atoms with Gasteiger partial charge in [0.2, 0.25) is 10.0 Å². The van der Waals surface area contributed by atoms with Crippen molar-refractivity contribution in [3.05, 3.63) is 30.1 Å². The molecule has 0 spiro atoms. The Morgan fingerprint density at radius 2 is 1.90 bits per heavy atom. The molecule has 1 atom stereocenters. The molecule has 0 saturated carbocycles. The van der Waals surface area contributed by atoms with E-state index in [0.29, 0.717) is 6.42 Å². The maximum absolute atomic E-state index is 12.0. The maximum Gasteiger partial charge on any atom is 0.212 e. The first kappa shape index (κ1) is 17.1. The van der Waals surface area contributed by atoms with Crippen LogP contribution < -0.4 is 10.0 Å². The lowest BCUT2D eigenvalue weighted by Crippen LogP contribution is -2.29. The highest BCUT2D eigenvalue weighted by Crippen LogP contribution is 2.12. The van der Waals surface area contributed by atoms with E-state index in [2.05, 4.69) is 21.9 Å². The van der Waals surface area contributed by atoms with Gasteiger partial charge in [0.25, 0.3) is 0 Å². The number of nitrogens with one attached hydrogen (secondary N) is 2. The summed E-state index contributed by atoms with van der Waals surface area (Å²) >= 11 is 0. The second-order valence-electron chi connectivity index (χ2n) is 4.90. The van der Waals surface area contributed by atoms with E-state index in [1.165, 1.54) is 0 Å². The van der Waals surface area contributed by atoms with Gasteiger partial charge in [-0.15, -0.1) is 0 Å². The number of nitrogens with zero attached hydrogens (tertiary/aromatic N) is 1. The summed E-state index contributed by atoms with van der Waals surface area (Å²) in [5, 5.41) is 3.27. The van der Waals surface area contributed by atoms with Crippen molar-refractivity contribution in [2.24, 2.45) is 0 Å². The van der Waals surface area contributed by atoms with Gasteiger partial charge in [-0.05, 0) is 57.0 Å². The fourth-order valence-corrected chi connectivity index (χ4v) is 3.27. The Kier molecular flexibility index (Phi) is 7.72. The van der Waals surface area contributed by atoms with Crippen LogP contribution in [0, 0.1) is 0 Å². The van der Waals surface area contributed by atoms with Crippen LogP contribution in [0.3, 0.4) is 0 Å². The summed E-state index contributed by atoms with van der Waals surface area (Å²) < 4.78 is 26.6. The predicted molar refractivity (Wildman–Crippen MR) is 82.0 cm³/mol. The number of hydrogen-bond acceptors (Lipinski definition) is 4. The van der Waals surface area contributed by atoms with Gasteiger partial charge in [0.15, 0.2) is 0 Å². The molecule has 0 fully saturated rings. The normalized spacial score (nSPS) is 13.3. The highest BCUT2D eigenvalue weighted by atomic mass is 32.2. The van der Waals surface area contributed by atoms with Crippen molar-refractivity contribution in [1.29, 1.82) is 0 Å². The third kappa shape index (κ3) is 6.98. The fourth-order valence-electron chi connectivity index (χ4n) is 1.89. The highest BCUT2D eigenvalue weighted by molar-refractivity contribution is 7.89. The molecule has 6 heteroatoms. The van der Waals surface area contributed by atoms with Crippen LogP contribution in [0.5, 0.6) is 0 Å². The molecule has 0 aromatic carbocycles. The molecule has 0 aliphatic carbocycles. The minimum absolute atomic E-state index is 0.177. The molecule has 0 aliphatic heterocycles. The second-order valence-corrected chi connectivity index (χ2v) is 6.77. The van der Waals surface area contributed by atoms with Crippen molar-refractivity contribution in [1.82, 2.24) is 15.0 Å². The van der Waals surface area contributed by atoms with Crippen LogP contribution in [-0.4, -0.2) is 32.2 Å². The summed E-state index contributed by atoms with van der Waals surface area (Å²) in [4.78, 5) is 3.93. The number of rotatable bonds is 10. The van der Waals surface area contributed by atoms with E-state index in [1.807, 2.05) is 19.1 Å². The standard InChI is InChI=1S/C14H25N3O2S/c1-3-8-15-9-4-5-12-20(18,19)17-13(2)14-6-10-16-11-7-14/h6-7,10-11,13,15,17H,3-5,8-9,12H2,1-2H3. The molecule has 20 heavy (non-hydrogen) atoms. The van der Waals surface area contributed by atoms with Crippen molar-refractivity contribution in [2.45, 2.75) is 39.2 Å². The first-order valence-electron chi connectivity index (χ1n) is 7.16. The van der Waals surface area contributed by atoms with Crippen LogP contribution >= 0.6 is 0 Å². The van der Waals surface area contributed by atoms with Crippen LogP contribution in [0.25, 0.3) is 0 Å². The summed E-state index contributed by atoms with van der Waals surface area (Å²) in [5.41, 5.74) is 0.924. The molecule has 2 N–H and O–H groups in total. The number of unbranched alkanes of at least 4 members (excludes halogenated alkanes) is 1. The zero-order valence-electron chi connectivity index (χ0n) is 12.3. The Balaban J connectivity index is 2.31. The number of sulfonamides is 1. The molecule has 1 heterocycles. The average Bonchev–Trinajstić information content (AvgIpc) is 2.43. The van der Waals surface area contributed by atoms with Crippen molar-refractivity contribution < 1.29 is 8.42 Å². The molecule has 0 radical (unpaired) electrons. The third-order valence-corrected chi connectivity index (χ3v) is 4.54. The van der Waals surface area contributed by atoms with Gasteiger partial charge in [0.1, 0.15) is 0 Å². The highest BCUT2D eigenvalue weighted by Gasteiger charge is 2.15. The molecule has 1 aromatic rings. The monoisotopic (exact) mass is 299 g/mol. The molecule has 114 valence electrons. The lowest BCUT2D eigenvalue weighted by atomic mass is 10.1. The zero-order valence-corrected chi connectivity index (χ0v) is 13.1. The van der Waals surface area contributed by atoms with Crippen LogP contribution in [0.4, 0.5) is 0 Å². The molecule has 0 aliphatic rings. The van der Waals surface area contributed by atoms with Crippen LogP contribution in [-0.2, 0) is 10.0 Å². The summed E-state index contributed by atoms with van der Waals surface area (Å²) in [5.74, 6) is 0.177. The Morgan fingerprint density at radius 3 is 2.55 bits per heavy atom. The van der Waals surface area contributed by atoms with Crippen molar-refractivity contribution in [3.63, 3.8) is 0 Å². The van der Waals surface area contributed by atoms with E-state index in [4.69, 9.17) is 0 Å². The first-order valence-corrected chi connectivity index (χ1v) is 8.81. The van der Waals surface area contributed by atoms with E-state index < -0.39 is 10.0 Å². The van der Waals surface area contributed by atoms with Gasteiger partial charge in [-0.1, -0.05) is 6.92 Å². The summed E-state index contributed by atoms with van der Waals surface area (Å²) in [7, 11) is -3.22. The van der Waals surface area contributed by atoms with Crippen LogP contribution in [0.2, 0.25) is 0 Å². The molecule has 5 nitrogen and oxygen atoms in total. The van der Waals surface area contributed by atoms with E-state index in [1.54, 1.807) is 12.4 Å². The van der Waals surface area contributed by atoms with Gasteiger partial charge in [-0.2, -0.15) is 0 Å². The van der Waals surface area contributed by atoms with Gasteiger partial charge < -0.3 is 5.32 Å². The number of hydrogen-bond donors (Lipinski definition) is 2.